The number of aromatic nitrogens is 1. The van der Waals surface area contributed by atoms with Crippen molar-refractivity contribution in [3.8, 4) is 0 Å². The zero-order valence-electron chi connectivity index (χ0n) is 12.9. The lowest BCUT2D eigenvalue weighted by molar-refractivity contribution is 0.468. The quantitative estimate of drug-likeness (QED) is 0.561. The molecule has 2 nitrogen and oxygen atoms in total. The molecule has 1 unspecified atom stereocenters. The van der Waals surface area contributed by atoms with Gasteiger partial charge in [0, 0.05) is 5.38 Å². The van der Waals surface area contributed by atoms with Crippen LogP contribution in [0.2, 0.25) is 0 Å². The van der Waals surface area contributed by atoms with E-state index in [4.69, 9.17) is 0 Å². The summed E-state index contributed by atoms with van der Waals surface area (Å²) < 4.78 is 0. The number of aryl methyl sites for hydroxylation is 1. The van der Waals surface area contributed by atoms with Crippen molar-refractivity contribution in [2.24, 2.45) is 0 Å². The Bertz CT molecular complexity index is 322. The van der Waals surface area contributed by atoms with E-state index >= 15 is 0 Å². The molecule has 19 heavy (non-hydrogen) atoms. The van der Waals surface area contributed by atoms with Crippen LogP contribution in [0.25, 0.3) is 0 Å². The maximum absolute atomic E-state index is 4.63. The van der Waals surface area contributed by atoms with Crippen molar-refractivity contribution in [2.75, 3.05) is 6.54 Å². The van der Waals surface area contributed by atoms with Gasteiger partial charge < -0.3 is 5.32 Å². The van der Waals surface area contributed by atoms with Crippen LogP contribution in [0.5, 0.6) is 0 Å². The summed E-state index contributed by atoms with van der Waals surface area (Å²) in [6, 6.07) is 0.464. The molecule has 110 valence electrons. The SMILES string of the molecule is CCCCCCCCCC(NCC)c1csc(C)n1. The molecule has 0 bridgehead atoms. The largest absolute Gasteiger partial charge is 0.309 e. The molecule has 0 aliphatic heterocycles. The van der Waals surface area contributed by atoms with Gasteiger partial charge in [0.15, 0.2) is 0 Å². The number of nitrogens with zero attached hydrogens (tertiary/aromatic N) is 1. The van der Waals surface area contributed by atoms with Gasteiger partial charge in [-0.1, -0.05) is 58.8 Å². The molecule has 0 saturated heterocycles. The van der Waals surface area contributed by atoms with Gasteiger partial charge in [0.25, 0.3) is 0 Å². The van der Waals surface area contributed by atoms with Crippen LogP contribution in [0.3, 0.4) is 0 Å². The van der Waals surface area contributed by atoms with Crippen LogP contribution in [0, 0.1) is 6.92 Å². The number of unbranched alkanes of at least 4 members (excludes halogenated alkanes) is 6. The number of nitrogens with one attached hydrogen (secondary N) is 1. The molecule has 3 heteroatoms. The molecule has 1 atom stereocenters. The van der Waals surface area contributed by atoms with Gasteiger partial charge in [0.1, 0.15) is 0 Å². The Kier molecular flexibility index (Phi) is 9.10. The Morgan fingerprint density at radius 1 is 1.11 bits per heavy atom. The van der Waals surface area contributed by atoms with Gasteiger partial charge in [-0.3, -0.25) is 0 Å². The van der Waals surface area contributed by atoms with Gasteiger partial charge in [-0.2, -0.15) is 0 Å². The van der Waals surface area contributed by atoms with E-state index in [1.54, 1.807) is 11.3 Å². The number of hydrogen-bond acceptors (Lipinski definition) is 3. The average molecular weight is 282 g/mol. The Balaban J connectivity index is 2.19. The fourth-order valence-corrected chi connectivity index (χ4v) is 3.11. The molecule has 0 saturated carbocycles. The molecule has 1 rings (SSSR count). The van der Waals surface area contributed by atoms with Crippen LogP contribution in [-0.2, 0) is 0 Å². The highest BCUT2D eigenvalue weighted by molar-refractivity contribution is 7.09. The first-order valence-corrected chi connectivity index (χ1v) is 8.81. The summed E-state index contributed by atoms with van der Waals surface area (Å²) >= 11 is 1.76. The summed E-state index contributed by atoms with van der Waals surface area (Å²) in [6.45, 7) is 7.57. The highest BCUT2D eigenvalue weighted by Gasteiger charge is 2.12. The van der Waals surface area contributed by atoms with E-state index in [0.29, 0.717) is 6.04 Å². The second-order valence-electron chi connectivity index (χ2n) is 5.31. The summed E-state index contributed by atoms with van der Waals surface area (Å²) in [5, 5.41) is 6.96. The van der Waals surface area contributed by atoms with E-state index in [0.717, 1.165) is 6.54 Å². The van der Waals surface area contributed by atoms with E-state index in [1.165, 1.54) is 62.1 Å². The molecule has 1 N–H and O–H groups in total. The molecule has 1 heterocycles. The maximum atomic E-state index is 4.63. The van der Waals surface area contributed by atoms with Crippen molar-refractivity contribution in [3.63, 3.8) is 0 Å². The van der Waals surface area contributed by atoms with Crippen LogP contribution in [0.4, 0.5) is 0 Å². The lowest BCUT2D eigenvalue weighted by Crippen LogP contribution is -2.21. The Labute approximate surface area is 123 Å². The second-order valence-corrected chi connectivity index (χ2v) is 6.37. The van der Waals surface area contributed by atoms with Crippen molar-refractivity contribution in [1.29, 1.82) is 0 Å². The summed E-state index contributed by atoms with van der Waals surface area (Å²) in [4.78, 5) is 4.63. The smallest absolute Gasteiger partial charge is 0.0898 e. The van der Waals surface area contributed by atoms with E-state index in [2.05, 4.69) is 36.5 Å². The lowest BCUT2D eigenvalue weighted by atomic mass is 10.0. The van der Waals surface area contributed by atoms with Crippen LogP contribution >= 0.6 is 11.3 Å². The Hall–Kier alpha value is -0.410. The molecular weight excluding hydrogens is 252 g/mol. The molecule has 1 aromatic rings. The van der Waals surface area contributed by atoms with Crippen molar-refractivity contribution < 1.29 is 0 Å². The van der Waals surface area contributed by atoms with Gasteiger partial charge in [-0.05, 0) is 19.9 Å². The third kappa shape index (κ3) is 7.07. The highest BCUT2D eigenvalue weighted by atomic mass is 32.1. The zero-order valence-corrected chi connectivity index (χ0v) is 13.7. The fourth-order valence-electron chi connectivity index (χ4n) is 2.45. The van der Waals surface area contributed by atoms with E-state index in [1.807, 2.05) is 0 Å². The minimum absolute atomic E-state index is 0.464. The number of rotatable bonds is 11. The number of thiazole rings is 1. The van der Waals surface area contributed by atoms with Crippen LogP contribution in [0.15, 0.2) is 5.38 Å². The topological polar surface area (TPSA) is 24.9 Å². The summed E-state index contributed by atoms with van der Waals surface area (Å²) in [6.07, 6.45) is 10.9. The summed E-state index contributed by atoms with van der Waals surface area (Å²) in [5.74, 6) is 0. The lowest BCUT2D eigenvalue weighted by Gasteiger charge is -2.15. The molecule has 0 fully saturated rings. The molecular formula is C16H30N2S. The third-order valence-electron chi connectivity index (χ3n) is 3.54. The van der Waals surface area contributed by atoms with E-state index in [9.17, 15) is 0 Å². The van der Waals surface area contributed by atoms with Gasteiger partial charge in [0.05, 0.1) is 16.7 Å². The molecule has 0 spiro atoms. The first kappa shape index (κ1) is 16.6. The first-order valence-electron chi connectivity index (χ1n) is 7.93. The third-order valence-corrected chi connectivity index (χ3v) is 4.33. The fraction of sp³-hybridized carbons (Fsp3) is 0.812. The predicted molar refractivity (Wildman–Crippen MR) is 85.9 cm³/mol. The van der Waals surface area contributed by atoms with Gasteiger partial charge in [0.2, 0.25) is 0 Å². The predicted octanol–water partition coefficient (Wildman–Crippen LogP) is 5.24. The van der Waals surface area contributed by atoms with Crippen molar-refractivity contribution in [3.05, 3.63) is 16.1 Å². The van der Waals surface area contributed by atoms with Crippen molar-refractivity contribution in [2.45, 2.75) is 78.2 Å². The maximum Gasteiger partial charge on any atom is 0.0898 e. The van der Waals surface area contributed by atoms with Gasteiger partial charge >= 0.3 is 0 Å². The summed E-state index contributed by atoms with van der Waals surface area (Å²) in [5.41, 5.74) is 1.25. The van der Waals surface area contributed by atoms with Crippen LogP contribution in [-0.4, -0.2) is 11.5 Å². The minimum atomic E-state index is 0.464. The molecule has 0 radical (unpaired) electrons. The average Bonchev–Trinajstić information content (AvgIpc) is 2.83. The minimum Gasteiger partial charge on any atom is -0.309 e. The molecule has 0 aliphatic carbocycles. The van der Waals surface area contributed by atoms with Crippen molar-refractivity contribution in [1.82, 2.24) is 10.3 Å². The van der Waals surface area contributed by atoms with E-state index < -0.39 is 0 Å². The summed E-state index contributed by atoms with van der Waals surface area (Å²) in [7, 11) is 0. The zero-order chi connectivity index (χ0) is 13.9. The van der Waals surface area contributed by atoms with Gasteiger partial charge in [-0.15, -0.1) is 11.3 Å². The van der Waals surface area contributed by atoms with Crippen molar-refractivity contribution >= 4 is 11.3 Å². The standard InChI is InChI=1S/C16H30N2S/c1-4-6-7-8-9-10-11-12-15(17-5-2)16-13-19-14(3)18-16/h13,15,17H,4-12H2,1-3H3. The first-order chi connectivity index (χ1) is 9.27. The van der Waals surface area contributed by atoms with Crippen LogP contribution in [0.1, 0.15) is 82.0 Å². The molecule has 1 aromatic heterocycles. The normalized spacial score (nSPS) is 12.8. The van der Waals surface area contributed by atoms with Crippen LogP contribution < -0.4 is 5.32 Å². The monoisotopic (exact) mass is 282 g/mol. The van der Waals surface area contributed by atoms with E-state index in [-0.39, 0.29) is 0 Å². The second kappa shape index (κ2) is 10.4. The Morgan fingerprint density at radius 2 is 1.79 bits per heavy atom. The number of hydrogen-bond donors (Lipinski definition) is 1. The van der Waals surface area contributed by atoms with Gasteiger partial charge in [-0.25, -0.2) is 4.98 Å². The molecule has 0 aromatic carbocycles. The Morgan fingerprint density at radius 3 is 2.37 bits per heavy atom. The molecule has 0 aliphatic rings. The highest BCUT2D eigenvalue weighted by Crippen LogP contribution is 2.22. The molecule has 0 amide bonds.